The maximum Gasteiger partial charge on any atom is 0.333 e. The Balaban J connectivity index is 1.33. The van der Waals surface area contributed by atoms with E-state index in [0.717, 1.165) is 23.3 Å². The lowest BCUT2D eigenvalue weighted by molar-refractivity contribution is -0.225. The number of hydrogen-bond donors (Lipinski definition) is 1. The van der Waals surface area contributed by atoms with E-state index in [1.165, 1.54) is 19.1 Å². The summed E-state index contributed by atoms with van der Waals surface area (Å²) in [5.41, 5.74) is -2.36. The first-order chi connectivity index (χ1) is 22.1. The molecule has 2 aliphatic heterocycles. The van der Waals surface area contributed by atoms with Gasteiger partial charge in [0.25, 0.3) is 0 Å². The van der Waals surface area contributed by atoms with Crippen molar-refractivity contribution in [3.63, 3.8) is 0 Å². The van der Waals surface area contributed by atoms with Crippen molar-refractivity contribution in [3.05, 3.63) is 47.1 Å². The number of rotatable bonds is 7. The number of hydrogen-bond acceptors (Lipinski definition) is 11. The molecule has 0 aromatic carbocycles. The molecule has 2 heterocycles. The Kier molecular flexibility index (Phi) is 7.99. The van der Waals surface area contributed by atoms with E-state index >= 15 is 0 Å². The lowest BCUT2D eigenvalue weighted by atomic mass is 9.42. The maximum absolute atomic E-state index is 13.9. The molecule has 1 N–H and O–H groups in total. The van der Waals surface area contributed by atoms with Crippen LogP contribution in [-0.2, 0) is 47.7 Å². The summed E-state index contributed by atoms with van der Waals surface area (Å²) in [6, 6.07) is 0. The van der Waals surface area contributed by atoms with Gasteiger partial charge in [-0.2, -0.15) is 0 Å². The summed E-state index contributed by atoms with van der Waals surface area (Å²) in [6.45, 7) is 12.6. The van der Waals surface area contributed by atoms with Crippen LogP contribution in [0.1, 0.15) is 74.1 Å². The molecule has 254 valence electrons. The third-order valence-electron chi connectivity index (χ3n) is 12.4. The smallest absolute Gasteiger partial charge is 0.333 e. The fourth-order valence-corrected chi connectivity index (χ4v) is 9.74. The second-order valence-electron chi connectivity index (χ2n) is 14.4. The molecule has 0 bridgehead atoms. The van der Waals surface area contributed by atoms with Gasteiger partial charge in [-0.05, 0) is 77.0 Å². The van der Waals surface area contributed by atoms with Gasteiger partial charge in [-0.1, -0.05) is 25.0 Å². The van der Waals surface area contributed by atoms with Crippen LogP contribution in [0.15, 0.2) is 47.1 Å². The molecular formula is C36H44O11. The van der Waals surface area contributed by atoms with Crippen molar-refractivity contribution in [2.75, 3.05) is 6.61 Å². The number of carbonyl (C=O) groups excluding carboxylic acids is 5. The van der Waals surface area contributed by atoms with E-state index in [9.17, 15) is 29.1 Å². The number of ketones is 1. The number of carbonyl (C=O) groups is 5. The molecule has 2 saturated carbocycles. The van der Waals surface area contributed by atoms with E-state index in [0.29, 0.717) is 31.3 Å². The molecule has 1 spiro atoms. The zero-order valence-corrected chi connectivity index (χ0v) is 28.0. The van der Waals surface area contributed by atoms with E-state index in [4.69, 9.17) is 23.7 Å². The van der Waals surface area contributed by atoms with Crippen molar-refractivity contribution in [3.8, 4) is 0 Å². The van der Waals surface area contributed by atoms with Crippen molar-refractivity contribution in [2.24, 2.45) is 28.6 Å². The van der Waals surface area contributed by atoms with E-state index in [1.807, 2.05) is 33.8 Å². The van der Waals surface area contributed by atoms with Crippen LogP contribution in [0.3, 0.4) is 0 Å². The highest BCUT2D eigenvalue weighted by molar-refractivity contribution is 5.99. The average molecular weight is 653 g/mol. The summed E-state index contributed by atoms with van der Waals surface area (Å²) in [7, 11) is 0. The van der Waals surface area contributed by atoms with Gasteiger partial charge in [0.15, 0.2) is 11.9 Å². The number of allylic oxidation sites excluding steroid dienone is 1. The molecule has 0 amide bonds. The normalized spacial score (nSPS) is 42.3. The standard InChI is InChI=1S/C36H44O11/c1-8-43-30(39)11-12-31(40)46-27-10-9-26(38)34(7)22-13-14-33(6)23(20(4)25-15-18(2)19(3)32(41)45-25)16-28(44-21(5)37)35(33,42)24(22)17-29-36(27,34)47-29/h9-12,16,20,22,24-25,27-29,42H,8,13-15,17H2,1-7H3. The van der Waals surface area contributed by atoms with E-state index in [1.54, 1.807) is 13.8 Å². The van der Waals surface area contributed by atoms with Gasteiger partial charge in [0, 0.05) is 42.4 Å². The Morgan fingerprint density at radius 3 is 2.45 bits per heavy atom. The second-order valence-corrected chi connectivity index (χ2v) is 14.4. The first kappa shape index (κ1) is 33.3. The summed E-state index contributed by atoms with van der Waals surface area (Å²) in [5, 5.41) is 13.1. The summed E-state index contributed by atoms with van der Waals surface area (Å²) >= 11 is 0. The highest BCUT2D eigenvalue weighted by Crippen LogP contribution is 2.74. The average Bonchev–Trinajstić information content (AvgIpc) is 3.70. The van der Waals surface area contributed by atoms with E-state index in [2.05, 4.69) is 0 Å². The Bertz CT molecular complexity index is 1550. The number of ether oxygens (including phenoxy) is 5. The molecule has 6 aliphatic rings. The van der Waals surface area contributed by atoms with Gasteiger partial charge < -0.3 is 28.8 Å². The molecule has 0 radical (unpaired) electrons. The van der Waals surface area contributed by atoms with Crippen molar-refractivity contribution in [1.29, 1.82) is 0 Å². The summed E-state index contributed by atoms with van der Waals surface area (Å²) in [4.78, 5) is 63.6. The van der Waals surface area contributed by atoms with Gasteiger partial charge in [0.1, 0.15) is 23.4 Å². The fraction of sp³-hybridized carbons (Fsp3) is 0.639. The van der Waals surface area contributed by atoms with Gasteiger partial charge >= 0.3 is 23.9 Å². The Morgan fingerprint density at radius 2 is 1.79 bits per heavy atom. The molecule has 1 saturated heterocycles. The van der Waals surface area contributed by atoms with Gasteiger partial charge in [-0.15, -0.1) is 0 Å². The van der Waals surface area contributed by atoms with E-state index in [-0.39, 0.29) is 24.3 Å². The minimum Gasteiger partial charge on any atom is -0.463 e. The van der Waals surface area contributed by atoms with E-state index < -0.39 is 76.2 Å². The molecule has 11 unspecified atom stereocenters. The van der Waals surface area contributed by atoms with Crippen molar-refractivity contribution >= 4 is 29.7 Å². The second kappa shape index (κ2) is 11.3. The monoisotopic (exact) mass is 652 g/mol. The fourth-order valence-electron chi connectivity index (χ4n) is 9.74. The number of aliphatic hydroxyl groups is 1. The van der Waals surface area contributed by atoms with Crippen LogP contribution in [0, 0.1) is 28.6 Å². The van der Waals surface area contributed by atoms with Crippen LogP contribution in [0.2, 0.25) is 0 Å². The Morgan fingerprint density at radius 1 is 1.09 bits per heavy atom. The van der Waals surface area contributed by atoms with Gasteiger partial charge in [-0.3, -0.25) is 9.59 Å². The largest absolute Gasteiger partial charge is 0.463 e. The first-order valence-corrected chi connectivity index (χ1v) is 16.5. The Labute approximate surface area is 274 Å². The lowest BCUT2D eigenvalue weighted by Crippen LogP contribution is -2.70. The summed E-state index contributed by atoms with van der Waals surface area (Å²) in [5.74, 6) is -3.76. The van der Waals surface area contributed by atoms with Crippen molar-refractivity contribution in [2.45, 2.75) is 110 Å². The van der Waals surface area contributed by atoms with Gasteiger partial charge in [-0.25, -0.2) is 14.4 Å². The predicted octanol–water partition coefficient (Wildman–Crippen LogP) is 3.63. The van der Waals surface area contributed by atoms with Crippen molar-refractivity contribution < 1.29 is 52.8 Å². The summed E-state index contributed by atoms with van der Waals surface area (Å²) in [6.07, 6.45) is 5.79. The maximum atomic E-state index is 13.9. The van der Waals surface area contributed by atoms with Crippen LogP contribution < -0.4 is 0 Å². The van der Waals surface area contributed by atoms with Crippen LogP contribution in [-0.4, -0.2) is 77.0 Å². The minimum absolute atomic E-state index is 0.162. The first-order valence-electron chi connectivity index (χ1n) is 16.5. The van der Waals surface area contributed by atoms with Gasteiger partial charge in [0.05, 0.1) is 18.1 Å². The topological polar surface area (TPSA) is 155 Å². The molecule has 4 aliphatic carbocycles. The zero-order valence-electron chi connectivity index (χ0n) is 28.0. The van der Waals surface area contributed by atoms with Crippen LogP contribution in [0.25, 0.3) is 0 Å². The number of fused-ring (bicyclic) bond motifs is 4. The molecular weight excluding hydrogens is 608 g/mol. The van der Waals surface area contributed by atoms with Crippen LogP contribution in [0.5, 0.6) is 0 Å². The molecule has 6 rings (SSSR count). The molecule has 0 aromatic heterocycles. The van der Waals surface area contributed by atoms with Crippen LogP contribution >= 0.6 is 0 Å². The highest BCUT2D eigenvalue weighted by Gasteiger charge is 2.83. The molecule has 0 aromatic rings. The quantitative estimate of drug-likeness (QED) is 0.141. The minimum atomic E-state index is -1.60. The molecule has 11 atom stereocenters. The van der Waals surface area contributed by atoms with Crippen molar-refractivity contribution in [1.82, 2.24) is 0 Å². The molecule has 47 heavy (non-hydrogen) atoms. The third-order valence-corrected chi connectivity index (χ3v) is 12.4. The predicted molar refractivity (Wildman–Crippen MR) is 165 cm³/mol. The number of cyclic esters (lactones) is 1. The third kappa shape index (κ3) is 4.63. The number of esters is 4. The summed E-state index contributed by atoms with van der Waals surface area (Å²) < 4.78 is 28.8. The number of epoxide rings is 1. The van der Waals surface area contributed by atoms with Crippen LogP contribution in [0.4, 0.5) is 0 Å². The molecule has 3 fully saturated rings. The zero-order chi connectivity index (χ0) is 34.3. The van der Waals surface area contributed by atoms with Gasteiger partial charge in [0.2, 0.25) is 0 Å². The lowest BCUT2D eigenvalue weighted by Gasteiger charge is -2.61. The SMILES string of the molecule is CCOC(=O)C=CC(=O)OC1C=CC(=O)C2(C)C3CCC4(C)C(C(C)C5CC(C)=C(C)C(=O)O5)=CC(OC(C)=O)C4(O)C3CC3OC132. The molecule has 11 heteroatoms. The molecule has 11 nitrogen and oxygen atoms in total. The highest BCUT2D eigenvalue weighted by atomic mass is 16.7. The Hall–Kier alpha value is -3.57.